The van der Waals surface area contributed by atoms with Crippen molar-refractivity contribution in [2.24, 2.45) is 0 Å². The number of fused-ring (bicyclic) bond motifs is 2. The van der Waals surface area contributed by atoms with Crippen molar-refractivity contribution >= 4 is 27.8 Å². The quantitative estimate of drug-likeness (QED) is 0.185. The van der Waals surface area contributed by atoms with E-state index in [1.165, 1.54) is 27.8 Å². The molecule has 8 aromatic carbocycles. The van der Waals surface area contributed by atoms with Crippen molar-refractivity contribution in [3.8, 4) is 56.0 Å². The van der Waals surface area contributed by atoms with Crippen LogP contribution in [-0.2, 0) is 0 Å². The van der Waals surface area contributed by atoms with E-state index < -0.39 is 0 Å². The molecule has 0 aromatic heterocycles. The average Bonchev–Trinajstić information content (AvgIpc) is 3.16. The minimum atomic E-state index is 0.885. The third-order valence-corrected chi connectivity index (χ3v) is 9.25. The molecular formula is C46H31NO. The maximum atomic E-state index is 6.70. The second-order valence-corrected chi connectivity index (χ2v) is 12.2. The number of hydrogen-bond acceptors (Lipinski definition) is 2. The van der Waals surface area contributed by atoms with Crippen LogP contribution in [0.1, 0.15) is 0 Å². The smallest absolute Gasteiger partial charge is 0.143 e. The van der Waals surface area contributed by atoms with E-state index in [1.807, 2.05) is 0 Å². The second-order valence-electron chi connectivity index (χ2n) is 12.2. The molecule has 8 aromatic rings. The van der Waals surface area contributed by atoms with Gasteiger partial charge in [0.15, 0.2) is 0 Å². The van der Waals surface area contributed by atoms with E-state index in [0.29, 0.717) is 0 Å². The molecule has 0 N–H and O–H groups in total. The summed E-state index contributed by atoms with van der Waals surface area (Å²) in [4.78, 5) is 2.36. The molecule has 0 fully saturated rings. The highest BCUT2D eigenvalue weighted by molar-refractivity contribution is 6.08. The third kappa shape index (κ3) is 4.92. The van der Waals surface area contributed by atoms with Gasteiger partial charge < -0.3 is 9.64 Å². The fraction of sp³-hybridized carbons (Fsp3) is 0. The molecule has 0 bridgehead atoms. The number of benzene rings is 8. The highest BCUT2D eigenvalue weighted by Crippen LogP contribution is 2.52. The number of anilines is 3. The Kier molecular flexibility index (Phi) is 6.84. The van der Waals surface area contributed by atoms with Gasteiger partial charge in [-0.05, 0) is 81.2 Å². The largest absolute Gasteiger partial charge is 0.455 e. The molecule has 1 aliphatic heterocycles. The van der Waals surface area contributed by atoms with Crippen LogP contribution in [-0.4, -0.2) is 0 Å². The van der Waals surface area contributed by atoms with Crippen LogP contribution in [0.5, 0.6) is 11.5 Å². The molecule has 9 rings (SSSR count). The fourth-order valence-electron chi connectivity index (χ4n) is 6.93. The molecule has 0 atom stereocenters. The van der Waals surface area contributed by atoms with Gasteiger partial charge in [-0.1, -0.05) is 146 Å². The Morgan fingerprint density at radius 3 is 1.42 bits per heavy atom. The Morgan fingerprint density at radius 2 is 0.833 bits per heavy atom. The van der Waals surface area contributed by atoms with Crippen molar-refractivity contribution in [1.82, 2.24) is 0 Å². The molecule has 48 heavy (non-hydrogen) atoms. The van der Waals surface area contributed by atoms with Gasteiger partial charge in [-0.15, -0.1) is 0 Å². The van der Waals surface area contributed by atoms with Crippen LogP contribution in [0.25, 0.3) is 55.3 Å². The van der Waals surface area contributed by atoms with Gasteiger partial charge in [-0.25, -0.2) is 0 Å². The van der Waals surface area contributed by atoms with Crippen LogP contribution < -0.4 is 9.64 Å². The third-order valence-electron chi connectivity index (χ3n) is 9.25. The summed E-state index contributed by atoms with van der Waals surface area (Å²) in [6, 6.07) is 66.8. The summed E-state index contributed by atoms with van der Waals surface area (Å²) in [5, 5.41) is 2.28. The molecule has 0 aliphatic carbocycles. The summed E-state index contributed by atoms with van der Waals surface area (Å²) in [6.07, 6.45) is 0. The predicted octanol–water partition coefficient (Wildman–Crippen LogP) is 13.1. The van der Waals surface area contributed by atoms with Crippen LogP contribution in [0.2, 0.25) is 0 Å². The fourth-order valence-corrected chi connectivity index (χ4v) is 6.93. The first-order chi connectivity index (χ1) is 23.8. The predicted molar refractivity (Wildman–Crippen MR) is 200 cm³/mol. The Balaban J connectivity index is 1.23. The number of ether oxygens (including phenoxy) is 1. The van der Waals surface area contributed by atoms with Gasteiger partial charge >= 0.3 is 0 Å². The lowest BCUT2D eigenvalue weighted by atomic mass is 9.90. The molecule has 0 spiro atoms. The van der Waals surface area contributed by atoms with Gasteiger partial charge in [-0.2, -0.15) is 0 Å². The van der Waals surface area contributed by atoms with E-state index in [1.54, 1.807) is 0 Å². The van der Waals surface area contributed by atoms with Crippen molar-refractivity contribution in [3.63, 3.8) is 0 Å². The summed E-state index contributed by atoms with van der Waals surface area (Å²) < 4.78 is 6.70. The normalized spacial score (nSPS) is 11.5. The van der Waals surface area contributed by atoms with Crippen LogP contribution in [0.3, 0.4) is 0 Å². The van der Waals surface area contributed by atoms with E-state index in [9.17, 15) is 0 Å². The molecule has 1 aliphatic rings. The summed E-state index contributed by atoms with van der Waals surface area (Å²) >= 11 is 0. The summed E-state index contributed by atoms with van der Waals surface area (Å²) in [5.41, 5.74) is 12.6. The Labute approximate surface area is 280 Å². The monoisotopic (exact) mass is 613 g/mol. The summed E-state index contributed by atoms with van der Waals surface area (Å²) in [5.74, 6) is 1.78. The minimum absolute atomic E-state index is 0.885. The maximum absolute atomic E-state index is 6.70. The Bertz CT molecular complexity index is 2300. The first kappa shape index (κ1) is 27.9. The van der Waals surface area contributed by atoms with Gasteiger partial charge in [0.1, 0.15) is 11.5 Å². The van der Waals surface area contributed by atoms with Gasteiger partial charge in [-0.3, -0.25) is 0 Å². The van der Waals surface area contributed by atoms with Crippen LogP contribution >= 0.6 is 0 Å². The van der Waals surface area contributed by atoms with Gasteiger partial charge in [0.2, 0.25) is 0 Å². The zero-order chi connectivity index (χ0) is 31.9. The lowest BCUT2D eigenvalue weighted by Crippen LogP contribution is -2.11. The molecule has 226 valence electrons. The van der Waals surface area contributed by atoms with E-state index in [4.69, 9.17) is 4.74 Å². The lowest BCUT2D eigenvalue weighted by Gasteiger charge is -2.29. The molecule has 0 saturated heterocycles. The van der Waals surface area contributed by atoms with E-state index in [2.05, 4.69) is 193 Å². The van der Waals surface area contributed by atoms with Gasteiger partial charge in [0.25, 0.3) is 0 Å². The Morgan fingerprint density at radius 1 is 0.333 bits per heavy atom. The van der Waals surface area contributed by atoms with Crippen LogP contribution in [0.4, 0.5) is 17.1 Å². The molecule has 0 radical (unpaired) electrons. The van der Waals surface area contributed by atoms with Gasteiger partial charge in [0, 0.05) is 33.6 Å². The average molecular weight is 614 g/mol. The van der Waals surface area contributed by atoms with Crippen LogP contribution in [0.15, 0.2) is 188 Å². The van der Waals surface area contributed by atoms with Crippen LogP contribution in [0, 0.1) is 0 Å². The van der Waals surface area contributed by atoms with Crippen molar-refractivity contribution in [2.75, 3.05) is 4.90 Å². The molecule has 2 heteroatoms. The van der Waals surface area contributed by atoms with Crippen molar-refractivity contribution in [3.05, 3.63) is 188 Å². The Hall–Kier alpha value is -6.38. The molecule has 0 unspecified atom stereocenters. The minimum Gasteiger partial charge on any atom is -0.455 e. The summed E-state index contributed by atoms with van der Waals surface area (Å²) in [7, 11) is 0. The highest BCUT2D eigenvalue weighted by atomic mass is 16.5. The van der Waals surface area contributed by atoms with Crippen molar-refractivity contribution < 1.29 is 4.74 Å². The van der Waals surface area contributed by atoms with Crippen molar-refractivity contribution in [1.29, 1.82) is 0 Å². The molecular weight excluding hydrogens is 583 g/mol. The second kappa shape index (κ2) is 11.8. The zero-order valence-electron chi connectivity index (χ0n) is 26.3. The molecule has 0 saturated carbocycles. The van der Waals surface area contributed by atoms with E-state index >= 15 is 0 Å². The van der Waals surface area contributed by atoms with E-state index in [-0.39, 0.29) is 0 Å². The molecule has 2 nitrogen and oxygen atoms in total. The van der Waals surface area contributed by atoms with Gasteiger partial charge in [0.05, 0.1) is 0 Å². The zero-order valence-corrected chi connectivity index (χ0v) is 26.3. The lowest BCUT2D eigenvalue weighted by molar-refractivity contribution is 0.489. The number of nitrogens with zero attached hydrogens (tertiary/aromatic N) is 1. The standard InChI is InChI=1S/C46H31NO/c1-4-12-32(13-5-1)34-22-26-38(27-23-34)47(39-28-24-35(25-29-39)33-14-6-2-7-15-33)40-30-37-18-10-21-44-45(37)43(31-40)42-20-11-19-41(46(42)48-44)36-16-8-3-9-17-36/h1-31H. The first-order valence-electron chi connectivity index (χ1n) is 16.3. The first-order valence-corrected chi connectivity index (χ1v) is 16.3. The van der Waals surface area contributed by atoms with Crippen molar-refractivity contribution in [2.45, 2.75) is 0 Å². The SMILES string of the molecule is c1ccc(-c2ccc(N(c3ccc(-c4ccccc4)cc3)c3cc4c5c(cccc5c3)Oc3c(-c5ccccc5)cccc3-4)cc2)cc1. The van der Waals surface area contributed by atoms with E-state index in [0.717, 1.165) is 56.0 Å². The number of hydrogen-bond donors (Lipinski definition) is 0. The number of rotatable bonds is 6. The molecule has 0 amide bonds. The number of para-hydroxylation sites is 1. The topological polar surface area (TPSA) is 12.5 Å². The summed E-state index contributed by atoms with van der Waals surface area (Å²) in [6.45, 7) is 0. The maximum Gasteiger partial charge on any atom is 0.143 e. The highest BCUT2D eigenvalue weighted by Gasteiger charge is 2.25. The molecule has 1 heterocycles.